The Labute approximate surface area is 164 Å². The number of benzene rings is 2. The number of carbonyl (C=O) groups excluding carboxylic acids is 2. The number of nitrogens with one attached hydrogen (secondary N) is 1. The summed E-state index contributed by atoms with van der Waals surface area (Å²) in [6, 6.07) is 17.8. The van der Waals surface area contributed by atoms with E-state index in [1.165, 1.54) is 0 Å². The zero-order valence-corrected chi connectivity index (χ0v) is 15.9. The van der Waals surface area contributed by atoms with Crippen LogP contribution in [0.25, 0.3) is 11.0 Å². The SMILES string of the molecule is CC(c1ccccc1)N1CC(C(=O)NCCc2coc3ccccc23)CC1=O. The number of hydrogen-bond donors (Lipinski definition) is 1. The van der Waals surface area contributed by atoms with Crippen LogP contribution < -0.4 is 5.32 Å². The van der Waals surface area contributed by atoms with E-state index in [1.807, 2.05) is 66.4 Å². The molecule has 5 nitrogen and oxygen atoms in total. The van der Waals surface area contributed by atoms with Gasteiger partial charge in [0.15, 0.2) is 0 Å². The Hall–Kier alpha value is -3.08. The molecule has 2 atom stereocenters. The second-order valence-electron chi connectivity index (χ2n) is 7.33. The highest BCUT2D eigenvalue weighted by Gasteiger charge is 2.36. The molecular formula is C23H24N2O3. The molecule has 1 N–H and O–H groups in total. The highest BCUT2D eigenvalue weighted by atomic mass is 16.3. The molecule has 4 rings (SSSR count). The number of hydrogen-bond acceptors (Lipinski definition) is 3. The van der Waals surface area contributed by atoms with Crippen molar-refractivity contribution in [3.05, 3.63) is 72.0 Å². The maximum atomic E-state index is 12.6. The Kier molecular flexibility index (Phi) is 5.15. The predicted octanol–water partition coefficient (Wildman–Crippen LogP) is 3.70. The maximum absolute atomic E-state index is 12.6. The largest absolute Gasteiger partial charge is 0.464 e. The molecule has 2 heterocycles. The standard InChI is InChI=1S/C23H24N2O3/c1-16(17-7-3-2-4-8-17)25-14-19(13-22(25)26)23(27)24-12-11-18-15-28-21-10-6-5-9-20(18)21/h2-10,15-16,19H,11-14H2,1H3,(H,24,27). The number of rotatable bonds is 6. The smallest absolute Gasteiger partial charge is 0.225 e. The van der Waals surface area contributed by atoms with Crippen LogP contribution in [-0.4, -0.2) is 29.8 Å². The highest BCUT2D eigenvalue weighted by Crippen LogP contribution is 2.28. The van der Waals surface area contributed by atoms with Crippen molar-refractivity contribution in [2.24, 2.45) is 5.92 Å². The van der Waals surface area contributed by atoms with Crippen molar-refractivity contribution in [1.29, 1.82) is 0 Å². The van der Waals surface area contributed by atoms with Crippen molar-refractivity contribution >= 4 is 22.8 Å². The molecule has 2 unspecified atom stereocenters. The van der Waals surface area contributed by atoms with E-state index in [1.54, 1.807) is 6.26 Å². The summed E-state index contributed by atoms with van der Waals surface area (Å²) in [5.74, 6) is -0.305. The molecule has 1 saturated heterocycles. The maximum Gasteiger partial charge on any atom is 0.225 e. The number of furan rings is 1. The Morgan fingerprint density at radius 3 is 2.75 bits per heavy atom. The minimum absolute atomic E-state index is 0.0243. The number of likely N-dealkylation sites (tertiary alicyclic amines) is 1. The molecule has 3 aromatic rings. The quantitative estimate of drug-likeness (QED) is 0.713. The topological polar surface area (TPSA) is 62.6 Å². The van der Waals surface area contributed by atoms with Crippen LogP contribution in [0.4, 0.5) is 0 Å². The van der Waals surface area contributed by atoms with Gasteiger partial charge in [0.25, 0.3) is 0 Å². The fourth-order valence-corrected chi connectivity index (χ4v) is 3.88. The van der Waals surface area contributed by atoms with Crippen molar-refractivity contribution in [3.8, 4) is 0 Å². The van der Waals surface area contributed by atoms with Gasteiger partial charge in [-0.15, -0.1) is 0 Å². The van der Waals surface area contributed by atoms with Gasteiger partial charge in [-0.3, -0.25) is 9.59 Å². The van der Waals surface area contributed by atoms with Crippen LogP contribution in [0.3, 0.4) is 0 Å². The first-order chi connectivity index (χ1) is 13.6. The molecule has 0 aliphatic carbocycles. The van der Waals surface area contributed by atoms with Gasteiger partial charge in [-0.2, -0.15) is 0 Å². The fraction of sp³-hybridized carbons (Fsp3) is 0.304. The summed E-state index contributed by atoms with van der Waals surface area (Å²) in [6.07, 6.45) is 2.73. The van der Waals surface area contributed by atoms with Crippen molar-refractivity contribution < 1.29 is 14.0 Å². The van der Waals surface area contributed by atoms with Crippen molar-refractivity contribution in [2.75, 3.05) is 13.1 Å². The van der Waals surface area contributed by atoms with Gasteiger partial charge in [-0.05, 0) is 30.5 Å². The van der Waals surface area contributed by atoms with E-state index in [4.69, 9.17) is 4.42 Å². The third kappa shape index (κ3) is 3.65. The molecule has 28 heavy (non-hydrogen) atoms. The Balaban J connectivity index is 1.32. The molecule has 1 fully saturated rings. The second kappa shape index (κ2) is 7.89. The number of amides is 2. The lowest BCUT2D eigenvalue weighted by Crippen LogP contribution is -2.34. The molecule has 2 aromatic carbocycles. The molecule has 5 heteroatoms. The lowest BCUT2D eigenvalue weighted by molar-refractivity contribution is -0.130. The molecule has 1 aliphatic rings. The van der Waals surface area contributed by atoms with Gasteiger partial charge >= 0.3 is 0 Å². The van der Waals surface area contributed by atoms with E-state index in [0.717, 1.165) is 22.1 Å². The number of nitrogens with zero attached hydrogens (tertiary/aromatic N) is 1. The molecule has 1 aliphatic heterocycles. The van der Waals surface area contributed by atoms with E-state index in [0.29, 0.717) is 19.5 Å². The normalized spacial score (nSPS) is 17.8. The third-order valence-electron chi connectivity index (χ3n) is 5.53. The monoisotopic (exact) mass is 376 g/mol. The van der Waals surface area contributed by atoms with Crippen LogP contribution in [0.2, 0.25) is 0 Å². The van der Waals surface area contributed by atoms with Crippen LogP contribution in [0, 0.1) is 5.92 Å². The van der Waals surface area contributed by atoms with Crippen LogP contribution >= 0.6 is 0 Å². The first-order valence-corrected chi connectivity index (χ1v) is 9.70. The molecule has 1 aromatic heterocycles. The van der Waals surface area contributed by atoms with Crippen LogP contribution in [0.15, 0.2) is 65.3 Å². The molecule has 2 amide bonds. The Morgan fingerprint density at radius 1 is 1.18 bits per heavy atom. The number of para-hydroxylation sites is 1. The van der Waals surface area contributed by atoms with Crippen LogP contribution in [-0.2, 0) is 16.0 Å². The number of carbonyl (C=O) groups is 2. The van der Waals surface area contributed by atoms with Gasteiger partial charge in [0.2, 0.25) is 11.8 Å². The Morgan fingerprint density at radius 2 is 1.93 bits per heavy atom. The average molecular weight is 376 g/mol. The van der Waals surface area contributed by atoms with Gasteiger partial charge < -0.3 is 14.6 Å². The van der Waals surface area contributed by atoms with Crippen LogP contribution in [0.5, 0.6) is 0 Å². The van der Waals surface area contributed by atoms with Gasteiger partial charge in [0.1, 0.15) is 5.58 Å². The van der Waals surface area contributed by atoms with Crippen molar-refractivity contribution in [2.45, 2.75) is 25.8 Å². The summed E-state index contributed by atoms with van der Waals surface area (Å²) in [4.78, 5) is 26.8. The fourth-order valence-electron chi connectivity index (χ4n) is 3.88. The highest BCUT2D eigenvalue weighted by molar-refractivity contribution is 5.89. The van der Waals surface area contributed by atoms with E-state index in [2.05, 4.69) is 5.32 Å². The molecular weight excluding hydrogens is 352 g/mol. The van der Waals surface area contributed by atoms with Gasteiger partial charge in [0, 0.05) is 24.9 Å². The lowest BCUT2D eigenvalue weighted by Gasteiger charge is -2.25. The van der Waals surface area contributed by atoms with Gasteiger partial charge in [-0.25, -0.2) is 0 Å². The summed E-state index contributed by atoms with van der Waals surface area (Å²) in [7, 11) is 0. The summed E-state index contributed by atoms with van der Waals surface area (Å²) in [5, 5.41) is 4.07. The summed E-state index contributed by atoms with van der Waals surface area (Å²) >= 11 is 0. The molecule has 0 saturated carbocycles. The second-order valence-corrected chi connectivity index (χ2v) is 7.33. The zero-order chi connectivity index (χ0) is 19.5. The average Bonchev–Trinajstić information content (AvgIpc) is 3.32. The molecule has 0 radical (unpaired) electrons. The number of fused-ring (bicyclic) bond motifs is 1. The summed E-state index contributed by atoms with van der Waals surface area (Å²) < 4.78 is 5.54. The molecule has 0 bridgehead atoms. The molecule has 0 spiro atoms. The van der Waals surface area contributed by atoms with E-state index >= 15 is 0 Å². The predicted molar refractivity (Wildman–Crippen MR) is 108 cm³/mol. The molecule has 144 valence electrons. The summed E-state index contributed by atoms with van der Waals surface area (Å²) in [6.45, 7) is 3.01. The minimum atomic E-state index is -0.292. The summed E-state index contributed by atoms with van der Waals surface area (Å²) in [5.41, 5.74) is 3.03. The lowest BCUT2D eigenvalue weighted by atomic mass is 10.1. The van der Waals surface area contributed by atoms with E-state index in [-0.39, 0.29) is 30.2 Å². The van der Waals surface area contributed by atoms with Gasteiger partial charge in [-0.1, -0.05) is 48.5 Å². The first-order valence-electron chi connectivity index (χ1n) is 9.70. The first kappa shape index (κ1) is 18.3. The Bertz CT molecular complexity index is 980. The zero-order valence-electron chi connectivity index (χ0n) is 15.9. The van der Waals surface area contributed by atoms with Gasteiger partial charge in [0.05, 0.1) is 18.2 Å². The van der Waals surface area contributed by atoms with Crippen LogP contribution in [0.1, 0.15) is 30.5 Å². The third-order valence-corrected chi connectivity index (χ3v) is 5.53. The minimum Gasteiger partial charge on any atom is -0.464 e. The van der Waals surface area contributed by atoms with E-state index in [9.17, 15) is 9.59 Å². The van der Waals surface area contributed by atoms with E-state index < -0.39 is 0 Å². The van der Waals surface area contributed by atoms with Crippen molar-refractivity contribution in [1.82, 2.24) is 10.2 Å². The van der Waals surface area contributed by atoms with Crippen molar-refractivity contribution in [3.63, 3.8) is 0 Å².